The molecule has 6 atom stereocenters. The van der Waals surface area contributed by atoms with Crippen LogP contribution in [0, 0.1) is 0 Å². The third-order valence-electron chi connectivity index (χ3n) is 3.80. The van der Waals surface area contributed by atoms with Crippen molar-refractivity contribution in [1.82, 2.24) is 0 Å². The number of epoxide rings is 1. The van der Waals surface area contributed by atoms with E-state index in [9.17, 15) is 19.2 Å². The van der Waals surface area contributed by atoms with E-state index in [1.54, 1.807) is 0 Å². The van der Waals surface area contributed by atoms with Crippen LogP contribution in [0.5, 0.6) is 0 Å². The molecule has 0 aromatic carbocycles. The second kappa shape index (κ2) is 10.1. The predicted octanol–water partition coefficient (Wildman–Crippen LogP) is 0.202. The molecule has 2 saturated heterocycles. The predicted molar refractivity (Wildman–Crippen MR) is 94.2 cm³/mol. The van der Waals surface area contributed by atoms with E-state index in [4.69, 9.17) is 28.4 Å². The molecule has 0 aromatic heterocycles. The summed E-state index contributed by atoms with van der Waals surface area (Å²) in [7, 11) is 0. The minimum absolute atomic E-state index is 0.0665. The first-order valence-electron chi connectivity index (χ1n) is 8.71. The van der Waals surface area contributed by atoms with Gasteiger partial charge in [0.2, 0.25) is 0 Å². The molecule has 10 nitrogen and oxygen atoms in total. The van der Waals surface area contributed by atoms with Crippen molar-refractivity contribution >= 4 is 35.6 Å². The van der Waals surface area contributed by atoms with Gasteiger partial charge in [-0.2, -0.15) is 0 Å². The van der Waals surface area contributed by atoms with Crippen LogP contribution in [0.25, 0.3) is 0 Å². The van der Waals surface area contributed by atoms with Gasteiger partial charge >= 0.3 is 23.9 Å². The van der Waals surface area contributed by atoms with Crippen molar-refractivity contribution in [1.29, 1.82) is 0 Å². The molecule has 2 aliphatic rings. The molecule has 0 aromatic rings. The van der Waals surface area contributed by atoms with Gasteiger partial charge in [0, 0.05) is 33.4 Å². The standard InChI is InChI=1S/C17H24O10S/c1-8(18)22-6-13-14(24-9(2)19)15(25-10(3)20)16(26-11(4)21)17(27-13)28-7-12-5-23-12/h12-17H,5-7H2,1-4H3/t12?,13-,14-,15+,16-,17+/m1/s1. The van der Waals surface area contributed by atoms with Gasteiger partial charge < -0.3 is 28.4 Å². The topological polar surface area (TPSA) is 127 Å². The van der Waals surface area contributed by atoms with Crippen LogP contribution < -0.4 is 0 Å². The smallest absolute Gasteiger partial charge is 0.303 e. The van der Waals surface area contributed by atoms with Crippen molar-refractivity contribution in [3.05, 3.63) is 0 Å². The summed E-state index contributed by atoms with van der Waals surface area (Å²) in [5, 5.41) is 0. The average molecular weight is 420 g/mol. The van der Waals surface area contributed by atoms with Crippen LogP contribution in [0.2, 0.25) is 0 Å². The van der Waals surface area contributed by atoms with Gasteiger partial charge in [-0.15, -0.1) is 11.8 Å². The molecule has 28 heavy (non-hydrogen) atoms. The number of carbonyl (C=O) groups is 4. The minimum atomic E-state index is -1.13. The molecule has 0 saturated carbocycles. The molecule has 1 unspecified atom stereocenters. The van der Waals surface area contributed by atoms with E-state index in [2.05, 4.69) is 0 Å². The summed E-state index contributed by atoms with van der Waals surface area (Å²) in [6.45, 7) is 5.20. The first kappa shape index (κ1) is 22.4. The van der Waals surface area contributed by atoms with Crippen LogP contribution >= 0.6 is 11.8 Å². The lowest BCUT2D eigenvalue weighted by atomic mass is 9.99. The Morgan fingerprint density at radius 1 is 0.857 bits per heavy atom. The monoisotopic (exact) mass is 420 g/mol. The summed E-state index contributed by atoms with van der Waals surface area (Å²) in [5.41, 5.74) is -0.746. The van der Waals surface area contributed by atoms with E-state index in [-0.39, 0.29) is 12.7 Å². The van der Waals surface area contributed by atoms with Gasteiger partial charge in [0.1, 0.15) is 18.1 Å². The van der Waals surface area contributed by atoms with Crippen molar-refractivity contribution in [2.24, 2.45) is 0 Å². The largest absolute Gasteiger partial charge is 0.463 e. The highest BCUT2D eigenvalue weighted by Crippen LogP contribution is 2.35. The molecule has 0 spiro atoms. The number of rotatable bonds is 8. The zero-order chi connectivity index (χ0) is 20.8. The van der Waals surface area contributed by atoms with Crippen molar-refractivity contribution in [3.8, 4) is 0 Å². The van der Waals surface area contributed by atoms with E-state index in [0.717, 1.165) is 0 Å². The molecule has 0 amide bonds. The second-order valence-electron chi connectivity index (χ2n) is 6.36. The molecule has 2 rings (SSSR count). The molecular formula is C17H24O10S. The van der Waals surface area contributed by atoms with Crippen molar-refractivity contribution in [2.45, 2.75) is 63.7 Å². The van der Waals surface area contributed by atoms with Gasteiger partial charge in [0.05, 0.1) is 12.7 Å². The number of thioether (sulfide) groups is 1. The quantitative estimate of drug-likeness (QED) is 0.303. The lowest BCUT2D eigenvalue weighted by Gasteiger charge is -2.44. The third kappa shape index (κ3) is 6.95. The molecule has 0 radical (unpaired) electrons. The van der Waals surface area contributed by atoms with Crippen LogP contribution in [0.15, 0.2) is 0 Å². The maximum Gasteiger partial charge on any atom is 0.303 e. The zero-order valence-corrected chi connectivity index (χ0v) is 16.9. The number of hydrogen-bond acceptors (Lipinski definition) is 11. The molecule has 2 aliphatic heterocycles. The summed E-state index contributed by atoms with van der Waals surface area (Å²) in [6.07, 6.45) is -4.13. The van der Waals surface area contributed by atoms with E-state index in [0.29, 0.717) is 12.4 Å². The van der Waals surface area contributed by atoms with Gasteiger partial charge in [-0.05, 0) is 0 Å². The lowest BCUT2D eigenvalue weighted by Crippen LogP contribution is -2.61. The Morgan fingerprint density at radius 3 is 1.89 bits per heavy atom. The van der Waals surface area contributed by atoms with Gasteiger partial charge in [-0.25, -0.2) is 0 Å². The maximum absolute atomic E-state index is 11.7. The fourth-order valence-corrected chi connectivity index (χ4v) is 3.91. The highest BCUT2D eigenvalue weighted by molar-refractivity contribution is 7.99. The third-order valence-corrected chi connectivity index (χ3v) is 5.07. The Kier molecular flexibility index (Phi) is 8.08. The van der Waals surface area contributed by atoms with E-state index >= 15 is 0 Å². The SMILES string of the molecule is CC(=O)OC[C@H]1O[C@@H](SCC2CO2)[C@H](OC(C)=O)[C@@H](OC(C)=O)[C@@H]1OC(C)=O. The summed E-state index contributed by atoms with van der Waals surface area (Å²) in [4.78, 5) is 46.1. The van der Waals surface area contributed by atoms with Crippen LogP contribution in [0.3, 0.4) is 0 Å². The van der Waals surface area contributed by atoms with E-state index in [1.165, 1.54) is 39.5 Å². The maximum atomic E-state index is 11.7. The number of carbonyl (C=O) groups excluding carboxylic acids is 4. The van der Waals surface area contributed by atoms with Gasteiger partial charge in [0.25, 0.3) is 0 Å². The van der Waals surface area contributed by atoms with Crippen LogP contribution in [0.4, 0.5) is 0 Å². The first-order valence-corrected chi connectivity index (χ1v) is 9.76. The Balaban J connectivity index is 2.29. The van der Waals surface area contributed by atoms with Crippen LogP contribution in [-0.2, 0) is 47.6 Å². The molecule has 2 heterocycles. The van der Waals surface area contributed by atoms with Crippen LogP contribution in [-0.4, -0.2) is 78.8 Å². The van der Waals surface area contributed by atoms with E-state index < -0.39 is 53.7 Å². The van der Waals surface area contributed by atoms with Gasteiger partial charge in [-0.3, -0.25) is 19.2 Å². The minimum Gasteiger partial charge on any atom is -0.463 e. The molecule has 158 valence electrons. The number of hydrogen-bond donors (Lipinski definition) is 0. The molecule has 0 N–H and O–H groups in total. The number of ether oxygens (including phenoxy) is 6. The average Bonchev–Trinajstić information content (AvgIpc) is 3.38. The summed E-state index contributed by atoms with van der Waals surface area (Å²) in [6, 6.07) is 0. The molecule has 11 heteroatoms. The molecule has 2 fully saturated rings. The summed E-state index contributed by atoms with van der Waals surface area (Å²) < 4.78 is 32.1. The van der Waals surface area contributed by atoms with Crippen molar-refractivity contribution in [3.63, 3.8) is 0 Å². The zero-order valence-electron chi connectivity index (χ0n) is 16.1. The van der Waals surface area contributed by atoms with E-state index in [1.807, 2.05) is 0 Å². The first-order chi connectivity index (χ1) is 13.2. The summed E-state index contributed by atoms with van der Waals surface area (Å²) >= 11 is 1.31. The van der Waals surface area contributed by atoms with Crippen molar-refractivity contribution in [2.75, 3.05) is 19.0 Å². The second-order valence-corrected chi connectivity index (χ2v) is 7.49. The molecule has 0 bridgehead atoms. The number of esters is 4. The Morgan fingerprint density at radius 2 is 1.39 bits per heavy atom. The van der Waals surface area contributed by atoms with Crippen molar-refractivity contribution < 1.29 is 47.6 Å². The Bertz CT molecular complexity index is 605. The normalized spacial score (nSPS) is 31.4. The van der Waals surface area contributed by atoms with Gasteiger partial charge in [-0.1, -0.05) is 0 Å². The highest BCUT2D eigenvalue weighted by Gasteiger charge is 2.52. The fraction of sp³-hybridized carbons (Fsp3) is 0.765. The Hall–Kier alpha value is -1.85. The van der Waals surface area contributed by atoms with Gasteiger partial charge in [0.15, 0.2) is 18.3 Å². The lowest BCUT2D eigenvalue weighted by molar-refractivity contribution is -0.237. The highest BCUT2D eigenvalue weighted by atomic mass is 32.2. The van der Waals surface area contributed by atoms with Crippen LogP contribution in [0.1, 0.15) is 27.7 Å². The Labute approximate surface area is 166 Å². The summed E-state index contributed by atoms with van der Waals surface area (Å²) in [5.74, 6) is -1.90. The fourth-order valence-electron chi connectivity index (χ4n) is 2.69. The molecular weight excluding hydrogens is 396 g/mol. The molecule has 0 aliphatic carbocycles.